The van der Waals surface area contributed by atoms with E-state index in [1.165, 1.54) is 6.07 Å². The molecule has 1 aromatic carbocycles. The Morgan fingerprint density at radius 3 is 2.67 bits per heavy atom. The van der Waals surface area contributed by atoms with E-state index in [1.807, 2.05) is 0 Å². The van der Waals surface area contributed by atoms with Crippen LogP contribution in [-0.2, 0) is 9.47 Å². The van der Waals surface area contributed by atoms with Crippen molar-refractivity contribution in [2.24, 2.45) is 0 Å². The topological polar surface area (TPSA) is 39.7 Å². The van der Waals surface area contributed by atoms with Gasteiger partial charge in [-0.15, -0.1) is 0 Å². The van der Waals surface area contributed by atoms with E-state index in [-0.39, 0.29) is 5.75 Å². The van der Waals surface area contributed by atoms with Crippen molar-refractivity contribution in [1.29, 1.82) is 0 Å². The van der Waals surface area contributed by atoms with Crippen LogP contribution in [0.5, 0.6) is 5.75 Å². The fourth-order valence-electron chi connectivity index (χ4n) is 1.31. The van der Waals surface area contributed by atoms with Crippen LogP contribution in [0.4, 0.5) is 14.5 Å². The molecule has 0 aliphatic carbocycles. The van der Waals surface area contributed by atoms with Crippen molar-refractivity contribution in [2.75, 3.05) is 38.8 Å². The zero-order valence-corrected chi connectivity index (χ0v) is 10.2. The van der Waals surface area contributed by atoms with Gasteiger partial charge in [0.1, 0.15) is 5.75 Å². The summed E-state index contributed by atoms with van der Waals surface area (Å²) in [4.78, 5) is 0. The molecular formula is C12H17F2NO3. The largest absolute Gasteiger partial charge is 0.433 e. The highest BCUT2D eigenvalue weighted by Gasteiger charge is 2.08. The number of hydrogen-bond donors (Lipinski definition) is 1. The average Bonchev–Trinajstić information content (AvgIpc) is 2.35. The van der Waals surface area contributed by atoms with E-state index in [9.17, 15) is 8.78 Å². The number of anilines is 1. The third kappa shape index (κ3) is 5.79. The maximum atomic E-state index is 12.1. The SMILES string of the molecule is COCCOCCNc1ccccc1OC(F)F. The highest BCUT2D eigenvalue weighted by molar-refractivity contribution is 5.56. The first kappa shape index (κ1) is 14.7. The quantitative estimate of drug-likeness (QED) is 0.693. The van der Waals surface area contributed by atoms with E-state index >= 15 is 0 Å². The fourth-order valence-corrected chi connectivity index (χ4v) is 1.31. The highest BCUT2D eigenvalue weighted by Crippen LogP contribution is 2.24. The average molecular weight is 261 g/mol. The molecule has 0 radical (unpaired) electrons. The number of ether oxygens (including phenoxy) is 3. The molecule has 6 heteroatoms. The minimum Gasteiger partial charge on any atom is -0.433 e. The van der Waals surface area contributed by atoms with Crippen molar-refractivity contribution in [3.05, 3.63) is 24.3 Å². The van der Waals surface area contributed by atoms with Crippen LogP contribution in [0.15, 0.2) is 24.3 Å². The van der Waals surface area contributed by atoms with Crippen LogP contribution in [-0.4, -0.2) is 40.1 Å². The summed E-state index contributed by atoms with van der Waals surface area (Å²) < 4.78 is 38.7. The molecule has 0 aromatic heterocycles. The van der Waals surface area contributed by atoms with Gasteiger partial charge in [-0.2, -0.15) is 8.78 Å². The van der Waals surface area contributed by atoms with Crippen molar-refractivity contribution in [3.8, 4) is 5.75 Å². The van der Waals surface area contributed by atoms with Gasteiger partial charge >= 0.3 is 6.61 Å². The third-order valence-corrected chi connectivity index (χ3v) is 2.10. The Bertz CT molecular complexity index is 337. The molecule has 102 valence electrons. The van der Waals surface area contributed by atoms with E-state index in [4.69, 9.17) is 9.47 Å². The number of rotatable bonds is 9. The van der Waals surface area contributed by atoms with Crippen LogP contribution in [0.2, 0.25) is 0 Å². The summed E-state index contributed by atoms with van der Waals surface area (Å²) in [6, 6.07) is 6.54. The van der Waals surface area contributed by atoms with Gasteiger partial charge in [-0.25, -0.2) is 0 Å². The van der Waals surface area contributed by atoms with Gasteiger partial charge in [0.15, 0.2) is 0 Å². The second-order valence-electron chi connectivity index (χ2n) is 3.41. The number of alkyl halides is 2. The summed E-state index contributed by atoms with van der Waals surface area (Å²) in [5.41, 5.74) is 0.521. The second-order valence-corrected chi connectivity index (χ2v) is 3.41. The standard InChI is InChI=1S/C12H17F2NO3/c1-16-8-9-17-7-6-15-10-4-2-3-5-11(10)18-12(13)14/h2-5,12,15H,6-9H2,1H3. The molecule has 0 aliphatic rings. The van der Waals surface area contributed by atoms with Gasteiger partial charge < -0.3 is 19.5 Å². The lowest BCUT2D eigenvalue weighted by Gasteiger charge is -2.12. The summed E-state index contributed by atoms with van der Waals surface area (Å²) in [6.07, 6.45) is 0. The minimum absolute atomic E-state index is 0.129. The smallest absolute Gasteiger partial charge is 0.387 e. The van der Waals surface area contributed by atoms with Gasteiger partial charge in [0.2, 0.25) is 0 Å². The maximum Gasteiger partial charge on any atom is 0.387 e. The van der Waals surface area contributed by atoms with Crippen LogP contribution in [0.1, 0.15) is 0 Å². The molecule has 0 fully saturated rings. The van der Waals surface area contributed by atoms with E-state index in [0.29, 0.717) is 32.1 Å². The first-order valence-electron chi connectivity index (χ1n) is 5.58. The molecule has 0 spiro atoms. The van der Waals surface area contributed by atoms with Crippen LogP contribution >= 0.6 is 0 Å². The molecule has 0 unspecified atom stereocenters. The number of methoxy groups -OCH3 is 1. The van der Waals surface area contributed by atoms with E-state index in [1.54, 1.807) is 25.3 Å². The molecule has 18 heavy (non-hydrogen) atoms. The fraction of sp³-hybridized carbons (Fsp3) is 0.500. The molecule has 0 heterocycles. The Kier molecular flexibility index (Phi) is 7.05. The lowest BCUT2D eigenvalue weighted by atomic mass is 10.3. The van der Waals surface area contributed by atoms with Crippen LogP contribution in [0.3, 0.4) is 0 Å². The van der Waals surface area contributed by atoms with Crippen LogP contribution in [0.25, 0.3) is 0 Å². The molecular weight excluding hydrogens is 244 g/mol. The maximum absolute atomic E-state index is 12.1. The first-order valence-corrected chi connectivity index (χ1v) is 5.58. The predicted molar refractivity (Wildman–Crippen MR) is 64.3 cm³/mol. The van der Waals surface area contributed by atoms with Gasteiger partial charge in [-0.3, -0.25) is 0 Å². The zero-order chi connectivity index (χ0) is 13.2. The van der Waals surface area contributed by atoms with Crippen LogP contribution < -0.4 is 10.1 Å². The summed E-state index contributed by atoms with van der Waals surface area (Å²) in [5.74, 6) is 0.129. The number of para-hydroxylation sites is 2. The summed E-state index contributed by atoms with van der Waals surface area (Å²) in [7, 11) is 1.60. The lowest BCUT2D eigenvalue weighted by Crippen LogP contribution is -2.13. The molecule has 4 nitrogen and oxygen atoms in total. The Balaban J connectivity index is 2.32. The number of halogens is 2. The molecule has 1 rings (SSSR count). The number of hydrogen-bond acceptors (Lipinski definition) is 4. The third-order valence-electron chi connectivity index (χ3n) is 2.10. The molecule has 0 amide bonds. The molecule has 0 atom stereocenters. The number of nitrogens with one attached hydrogen (secondary N) is 1. The Morgan fingerprint density at radius 2 is 1.94 bits per heavy atom. The van der Waals surface area contributed by atoms with Crippen molar-refractivity contribution in [3.63, 3.8) is 0 Å². The Hall–Kier alpha value is -1.40. The summed E-state index contributed by atoms with van der Waals surface area (Å²) in [6.45, 7) is -0.816. The normalized spacial score (nSPS) is 10.7. The molecule has 0 bridgehead atoms. The molecule has 0 saturated carbocycles. The second kappa shape index (κ2) is 8.66. The van der Waals surface area contributed by atoms with Crippen LogP contribution in [0, 0.1) is 0 Å². The zero-order valence-electron chi connectivity index (χ0n) is 10.2. The molecule has 1 aromatic rings. The lowest BCUT2D eigenvalue weighted by molar-refractivity contribution is -0.0493. The van der Waals surface area contributed by atoms with Gasteiger partial charge in [-0.05, 0) is 12.1 Å². The predicted octanol–water partition coefficient (Wildman–Crippen LogP) is 2.36. The molecule has 1 N–H and O–H groups in total. The van der Waals surface area contributed by atoms with Crippen molar-refractivity contribution < 1.29 is 23.0 Å². The van der Waals surface area contributed by atoms with E-state index in [2.05, 4.69) is 10.1 Å². The first-order chi connectivity index (χ1) is 8.74. The van der Waals surface area contributed by atoms with Gasteiger partial charge in [-0.1, -0.05) is 12.1 Å². The van der Waals surface area contributed by atoms with Crippen molar-refractivity contribution >= 4 is 5.69 Å². The number of benzene rings is 1. The summed E-state index contributed by atoms with van der Waals surface area (Å²) in [5, 5.41) is 2.97. The van der Waals surface area contributed by atoms with Crippen molar-refractivity contribution in [1.82, 2.24) is 0 Å². The van der Waals surface area contributed by atoms with Crippen molar-refractivity contribution in [2.45, 2.75) is 6.61 Å². The Labute approximate surface area is 105 Å². The molecule has 0 aliphatic heterocycles. The van der Waals surface area contributed by atoms with Gasteiger partial charge in [0.05, 0.1) is 25.5 Å². The van der Waals surface area contributed by atoms with E-state index in [0.717, 1.165) is 0 Å². The highest BCUT2D eigenvalue weighted by atomic mass is 19.3. The van der Waals surface area contributed by atoms with Gasteiger partial charge in [0, 0.05) is 13.7 Å². The monoisotopic (exact) mass is 261 g/mol. The summed E-state index contributed by atoms with van der Waals surface area (Å²) >= 11 is 0. The van der Waals surface area contributed by atoms with E-state index < -0.39 is 6.61 Å². The minimum atomic E-state index is -2.83. The molecule has 0 saturated heterocycles. The Morgan fingerprint density at radius 1 is 1.17 bits per heavy atom. The van der Waals surface area contributed by atoms with Gasteiger partial charge in [0.25, 0.3) is 0 Å².